The molecule has 6 atom stereocenters. The molecule has 0 radical (unpaired) electrons. The number of fused-ring (bicyclic) bond motifs is 2. The van der Waals surface area contributed by atoms with Gasteiger partial charge in [0.25, 0.3) is 0 Å². The molecule has 4 aliphatic rings. The van der Waals surface area contributed by atoms with Crippen LogP contribution in [0.3, 0.4) is 0 Å². The molecule has 0 amide bonds. The van der Waals surface area contributed by atoms with Crippen molar-refractivity contribution < 1.29 is 33.2 Å². The van der Waals surface area contributed by atoms with Crippen LogP contribution >= 0.6 is 0 Å². The van der Waals surface area contributed by atoms with Crippen LogP contribution < -0.4 is 0 Å². The molecule has 36 heavy (non-hydrogen) atoms. The minimum Gasteiger partial charge on any atom is -0.450 e. The Morgan fingerprint density at radius 3 is 1.94 bits per heavy atom. The van der Waals surface area contributed by atoms with Crippen LogP contribution in [0.4, 0.5) is 0 Å². The minimum absolute atomic E-state index is 0.303. The van der Waals surface area contributed by atoms with Crippen molar-refractivity contribution in [2.24, 2.45) is 0 Å². The number of nitrogens with zero attached hydrogens (tertiary/aromatic N) is 1. The first-order valence-electron chi connectivity index (χ1n) is 12.5. The van der Waals surface area contributed by atoms with Gasteiger partial charge in [-0.15, -0.1) is 0 Å². The summed E-state index contributed by atoms with van der Waals surface area (Å²) in [6.45, 7) is 8.86. The van der Waals surface area contributed by atoms with Crippen LogP contribution in [-0.2, 0) is 46.3 Å². The Hall–Kier alpha value is -2.33. The SMILES string of the molecule is CC1(C)OC[C@H]([C@H]2O[C@@H]3OC(C)(C)O[C@@H]3[C@]23OC(=O)[C@H]3N(Cc2ccccc2)Cc2ccccc2)O1. The number of hydrogen-bond donors (Lipinski definition) is 0. The monoisotopic (exact) mass is 495 g/mol. The van der Waals surface area contributed by atoms with E-state index in [2.05, 4.69) is 29.2 Å². The van der Waals surface area contributed by atoms with Crippen LogP contribution in [0.25, 0.3) is 0 Å². The van der Waals surface area contributed by atoms with E-state index in [0.29, 0.717) is 19.7 Å². The Morgan fingerprint density at radius 1 is 0.806 bits per heavy atom. The van der Waals surface area contributed by atoms with Crippen LogP contribution in [0, 0.1) is 0 Å². The highest BCUT2D eigenvalue weighted by atomic mass is 16.9. The highest BCUT2D eigenvalue weighted by Gasteiger charge is 2.78. The Bertz CT molecular complexity index is 1070. The number of esters is 1. The zero-order chi connectivity index (χ0) is 25.1. The van der Waals surface area contributed by atoms with Gasteiger partial charge in [0.15, 0.2) is 35.6 Å². The number of rotatable bonds is 6. The molecule has 8 heteroatoms. The lowest BCUT2D eigenvalue weighted by Crippen LogP contribution is -2.77. The fraction of sp³-hybridized carbons (Fsp3) is 0.536. The van der Waals surface area contributed by atoms with Crippen molar-refractivity contribution in [3.05, 3.63) is 71.8 Å². The van der Waals surface area contributed by atoms with Gasteiger partial charge in [0.2, 0.25) is 0 Å². The molecular weight excluding hydrogens is 462 g/mol. The van der Waals surface area contributed by atoms with Crippen LogP contribution in [0.15, 0.2) is 60.7 Å². The lowest BCUT2D eigenvalue weighted by molar-refractivity contribution is -0.289. The summed E-state index contributed by atoms with van der Waals surface area (Å²) in [5, 5.41) is 0. The van der Waals surface area contributed by atoms with Gasteiger partial charge in [0, 0.05) is 13.1 Å². The fourth-order valence-corrected chi connectivity index (χ4v) is 5.94. The maximum absolute atomic E-state index is 13.4. The Morgan fingerprint density at radius 2 is 1.42 bits per heavy atom. The van der Waals surface area contributed by atoms with Gasteiger partial charge in [-0.05, 0) is 38.8 Å². The van der Waals surface area contributed by atoms with E-state index in [4.69, 9.17) is 28.4 Å². The second-order valence-corrected chi connectivity index (χ2v) is 10.9. The molecule has 0 aromatic heterocycles. The number of hydrogen-bond acceptors (Lipinski definition) is 8. The standard InChI is InChI=1S/C28H33NO7/c1-26(2)31-17-20(33-26)22-28(23-25(32-22)36-27(3,4)34-23)21(24(30)35-28)29(15-18-11-7-5-8-12-18)16-19-13-9-6-10-14-19/h5-14,20-23,25H,15-17H2,1-4H3/t20-,21-,22-,23+,25-,28-/m1/s1. The van der Waals surface area contributed by atoms with Crippen LogP contribution in [0.1, 0.15) is 38.8 Å². The highest BCUT2D eigenvalue weighted by Crippen LogP contribution is 2.54. The van der Waals surface area contributed by atoms with Crippen LogP contribution in [0.2, 0.25) is 0 Å². The molecule has 6 rings (SSSR count). The second kappa shape index (κ2) is 8.62. The zero-order valence-electron chi connectivity index (χ0n) is 21.1. The topological polar surface area (TPSA) is 75.7 Å². The predicted molar refractivity (Wildman–Crippen MR) is 128 cm³/mol. The van der Waals surface area contributed by atoms with Crippen molar-refractivity contribution in [2.75, 3.05) is 6.61 Å². The first-order chi connectivity index (χ1) is 17.2. The van der Waals surface area contributed by atoms with Crippen LogP contribution in [-0.4, -0.2) is 65.3 Å². The first-order valence-corrected chi connectivity index (χ1v) is 12.5. The maximum atomic E-state index is 13.4. The quantitative estimate of drug-likeness (QED) is 0.565. The molecule has 0 bridgehead atoms. The van der Waals surface area contributed by atoms with Crippen molar-refractivity contribution in [2.45, 2.75) is 88.6 Å². The molecule has 4 fully saturated rings. The number of carbonyl (C=O) groups excluding carboxylic acids is 1. The van der Waals surface area contributed by atoms with Gasteiger partial charge in [-0.1, -0.05) is 60.7 Å². The van der Waals surface area contributed by atoms with Gasteiger partial charge in [-0.2, -0.15) is 0 Å². The van der Waals surface area contributed by atoms with Crippen molar-refractivity contribution in [1.82, 2.24) is 4.90 Å². The van der Waals surface area contributed by atoms with Crippen molar-refractivity contribution >= 4 is 5.97 Å². The summed E-state index contributed by atoms with van der Waals surface area (Å²) in [5.41, 5.74) is 1.09. The summed E-state index contributed by atoms with van der Waals surface area (Å²) in [6.07, 6.45) is -2.32. The Kier molecular flexibility index (Phi) is 5.75. The summed E-state index contributed by atoms with van der Waals surface area (Å²) in [5.74, 6) is -1.93. The van der Waals surface area contributed by atoms with E-state index in [1.165, 1.54) is 0 Å². The molecule has 0 aliphatic carbocycles. The largest absolute Gasteiger partial charge is 0.450 e. The van der Waals surface area contributed by atoms with Gasteiger partial charge < -0.3 is 28.4 Å². The lowest BCUT2D eigenvalue weighted by Gasteiger charge is -2.54. The molecule has 0 N–H and O–H groups in total. The smallest absolute Gasteiger partial charge is 0.328 e. The molecule has 192 valence electrons. The Labute approximate surface area is 211 Å². The van der Waals surface area contributed by atoms with Gasteiger partial charge in [-0.3, -0.25) is 9.69 Å². The molecule has 2 aromatic rings. The van der Waals surface area contributed by atoms with E-state index < -0.39 is 47.8 Å². The third-order valence-corrected chi connectivity index (χ3v) is 7.35. The normalized spacial score (nSPS) is 36.1. The van der Waals surface area contributed by atoms with Gasteiger partial charge in [0.05, 0.1) is 6.61 Å². The molecule has 4 saturated heterocycles. The first kappa shape index (κ1) is 24.0. The molecule has 0 saturated carbocycles. The molecular formula is C28H33NO7. The summed E-state index contributed by atoms with van der Waals surface area (Å²) in [7, 11) is 0. The number of carbonyl (C=O) groups is 1. The molecule has 2 aromatic carbocycles. The van der Waals surface area contributed by atoms with Gasteiger partial charge >= 0.3 is 5.97 Å². The van der Waals surface area contributed by atoms with E-state index in [9.17, 15) is 4.79 Å². The number of ether oxygens (including phenoxy) is 6. The zero-order valence-corrected chi connectivity index (χ0v) is 21.1. The summed E-state index contributed by atoms with van der Waals surface area (Å²) in [4.78, 5) is 15.5. The van der Waals surface area contributed by atoms with E-state index in [1.807, 2.05) is 64.1 Å². The molecule has 8 nitrogen and oxygen atoms in total. The van der Waals surface area contributed by atoms with Crippen molar-refractivity contribution in [1.29, 1.82) is 0 Å². The fourth-order valence-electron chi connectivity index (χ4n) is 5.94. The van der Waals surface area contributed by atoms with E-state index >= 15 is 0 Å². The summed E-state index contributed by atoms with van der Waals surface area (Å²) >= 11 is 0. The molecule has 4 aliphatic heterocycles. The average molecular weight is 496 g/mol. The van der Waals surface area contributed by atoms with E-state index in [0.717, 1.165) is 11.1 Å². The third-order valence-electron chi connectivity index (χ3n) is 7.35. The predicted octanol–water partition coefficient (Wildman–Crippen LogP) is 3.38. The highest BCUT2D eigenvalue weighted by molar-refractivity contribution is 5.85. The average Bonchev–Trinajstić information content (AvgIpc) is 3.43. The maximum Gasteiger partial charge on any atom is 0.328 e. The minimum atomic E-state index is -1.10. The van der Waals surface area contributed by atoms with Crippen molar-refractivity contribution in [3.63, 3.8) is 0 Å². The summed E-state index contributed by atoms with van der Waals surface area (Å²) in [6, 6.07) is 19.6. The van der Waals surface area contributed by atoms with E-state index in [1.54, 1.807) is 0 Å². The second-order valence-electron chi connectivity index (χ2n) is 10.9. The molecule has 1 spiro atoms. The van der Waals surface area contributed by atoms with E-state index in [-0.39, 0.29) is 5.97 Å². The molecule has 0 unspecified atom stereocenters. The number of benzene rings is 2. The van der Waals surface area contributed by atoms with Crippen LogP contribution in [0.5, 0.6) is 0 Å². The third kappa shape index (κ3) is 4.06. The molecule has 4 heterocycles. The van der Waals surface area contributed by atoms with Gasteiger partial charge in [0.1, 0.15) is 12.2 Å². The summed E-state index contributed by atoms with van der Waals surface area (Å²) < 4.78 is 37.1. The Balaban J connectivity index is 1.39. The lowest BCUT2D eigenvalue weighted by atomic mass is 9.76. The van der Waals surface area contributed by atoms with Crippen molar-refractivity contribution in [3.8, 4) is 0 Å². The van der Waals surface area contributed by atoms with Gasteiger partial charge in [-0.25, -0.2) is 0 Å².